The van der Waals surface area contributed by atoms with Crippen LogP contribution < -0.4 is 10.6 Å². The number of nitrogens with one attached hydrogen (secondary N) is 2. The Morgan fingerprint density at radius 1 is 1.20 bits per heavy atom. The number of carbonyl (C=O) groups excluding carboxylic acids is 1. The highest BCUT2D eigenvalue weighted by Crippen LogP contribution is 2.28. The largest absolute Gasteiger partial charge is 0.369 e. The molecule has 0 fully saturated rings. The smallest absolute Gasteiger partial charge is 0.221 e. The van der Waals surface area contributed by atoms with Gasteiger partial charge in [-0.25, -0.2) is 9.97 Å². The maximum Gasteiger partial charge on any atom is 0.221 e. The summed E-state index contributed by atoms with van der Waals surface area (Å²) < 4.78 is 0. The molecule has 7 heteroatoms. The zero-order valence-electron chi connectivity index (χ0n) is 15.5. The molecule has 0 unspecified atom stereocenters. The lowest BCUT2D eigenvalue weighted by molar-refractivity contribution is -0.120. The van der Waals surface area contributed by atoms with E-state index in [1.807, 2.05) is 0 Å². The van der Waals surface area contributed by atoms with Gasteiger partial charge < -0.3 is 15.5 Å². The van der Waals surface area contributed by atoms with E-state index in [2.05, 4.69) is 52.3 Å². The van der Waals surface area contributed by atoms with E-state index in [0.29, 0.717) is 13.0 Å². The number of aryl methyl sites for hydroxylation is 1. The SMILES string of the molecule is CCc1cc2c(NCCC(=O)NCCCN(CC)CC)ncnc2s1. The predicted octanol–water partition coefficient (Wildman–Crippen LogP) is 2.90. The molecule has 0 aliphatic carbocycles. The van der Waals surface area contributed by atoms with E-state index in [0.717, 1.165) is 55.1 Å². The summed E-state index contributed by atoms with van der Waals surface area (Å²) in [6, 6.07) is 2.13. The van der Waals surface area contributed by atoms with Crippen molar-refractivity contribution in [1.82, 2.24) is 20.2 Å². The molecule has 1 amide bonds. The van der Waals surface area contributed by atoms with Crippen molar-refractivity contribution in [2.75, 3.05) is 38.0 Å². The molecule has 0 aromatic carbocycles. The van der Waals surface area contributed by atoms with Gasteiger partial charge in [-0.1, -0.05) is 20.8 Å². The van der Waals surface area contributed by atoms with Gasteiger partial charge in [0.2, 0.25) is 5.91 Å². The van der Waals surface area contributed by atoms with Gasteiger partial charge in [0.25, 0.3) is 0 Å². The molecule has 2 heterocycles. The fraction of sp³-hybridized carbons (Fsp3) is 0.611. The Balaban J connectivity index is 1.72. The number of fused-ring (bicyclic) bond motifs is 1. The van der Waals surface area contributed by atoms with Crippen LogP contribution in [-0.2, 0) is 11.2 Å². The summed E-state index contributed by atoms with van der Waals surface area (Å²) in [4.78, 5) is 25.2. The molecule has 25 heavy (non-hydrogen) atoms. The summed E-state index contributed by atoms with van der Waals surface area (Å²) in [7, 11) is 0. The fourth-order valence-corrected chi connectivity index (χ4v) is 3.61. The van der Waals surface area contributed by atoms with E-state index in [-0.39, 0.29) is 5.91 Å². The van der Waals surface area contributed by atoms with Crippen LogP contribution >= 0.6 is 11.3 Å². The first-order chi connectivity index (χ1) is 12.2. The lowest BCUT2D eigenvalue weighted by Gasteiger charge is -2.17. The van der Waals surface area contributed by atoms with Crippen molar-refractivity contribution in [3.8, 4) is 0 Å². The first-order valence-corrected chi connectivity index (χ1v) is 9.95. The molecule has 0 saturated carbocycles. The van der Waals surface area contributed by atoms with Crippen LogP contribution in [0.5, 0.6) is 0 Å². The number of hydrogen-bond acceptors (Lipinski definition) is 6. The fourth-order valence-electron chi connectivity index (χ4n) is 2.67. The maximum absolute atomic E-state index is 11.9. The minimum Gasteiger partial charge on any atom is -0.369 e. The lowest BCUT2D eigenvalue weighted by atomic mass is 10.3. The van der Waals surface area contributed by atoms with Gasteiger partial charge in [-0.2, -0.15) is 0 Å². The number of aromatic nitrogens is 2. The average Bonchev–Trinajstić information content (AvgIpc) is 3.06. The second-order valence-electron chi connectivity index (χ2n) is 5.91. The Kier molecular flexibility index (Phi) is 8.08. The van der Waals surface area contributed by atoms with Crippen molar-refractivity contribution in [1.29, 1.82) is 0 Å². The molecular formula is C18H29N5OS. The molecule has 138 valence electrons. The second-order valence-corrected chi connectivity index (χ2v) is 7.03. The highest BCUT2D eigenvalue weighted by molar-refractivity contribution is 7.18. The molecule has 2 aromatic heterocycles. The summed E-state index contributed by atoms with van der Waals surface area (Å²) in [6.07, 6.45) is 4.01. The van der Waals surface area contributed by atoms with Crippen molar-refractivity contribution in [2.24, 2.45) is 0 Å². The Morgan fingerprint density at radius 3 is 2.72 bits per heavy atom. The summed E-state index contributed by atoms with van der Waals surface area (Å²) in [5.41, 5.74) is 0. The number of hydrogen-bond donors (Lipinski definition) is 2. The summed E-state index contributed by atoms with van der Waals surface area (Å²) in [5, 5.41) is 7.30. The number of amides is 1. The third-order valence-corrected chi connectivity index (χ3v) is 5.43. The van der Waals surface area contributed by atoms with E-state index in [9.17, 15) is 4.79 Å². The normalized spacial score (nSPS) is 11.2. The zero-order chi connectivity index (χ0) is 18.1. The van der Waals surface area contributed by atoms with Crippen LogP contribution in [0.25, 0.3) is 10.2 Å². The molecule has 0 radical (unpaired) electrons. The zero-order valence-corrected chi connectivity index (χ0v) is 16.3. The number of thiophene rings is 1. The van der Waals surface area contributed by atoms with Crippen molar-refractivity contribution >= 4 is 33.3 Å². The number of carbonyl (C=O) groups is 1. The predicted molar refractivity (Wildman–Crippen MR) is 105 cm³/mol. The van der Waals surface area contributed by atoms with Gasteiger partial charge in [-0.15, -0.1) is 11.3 Å². The first-order valence-electron chi connectivity index (χ1n) is 9.14. The topological polar surface area (TPSA) is 70.2 Å². The third kappa shape index (κ3) is 5.93. The van der Waals surface area contributed by atoms with E-state index < -0.39 is 0 Å². The van der Waals surface area contributed by atoms with Gasteiger partial charge in [-0.05, 0) is 38.5 Å². The minimum absolute atomic E-state index is 0.0805. The van der Waals surface area contributed by atoms with Crippen LogP contribution in [0, 0.1) is 0 Å². The molecule has 6 nitrogen and oxygen atoms in total. The van der Waals surface area contributed by atoms with E-state index in [1.165, 1.54) is 4.88 Å². The summed E-state index contributed by atoms with van der Waals surface area (Å²) in [6.45, 7) is 10.9. The molecule has 0 aliphatic rings. The molecule has 2 aromatic rings. The molecule has 0 atom stereocenters. The van der Waals surface area contributed by atoms with Crippen LogP contribution in [0.15, 0.2) is 12.4 Å². The van der Waals surface area contributed by atoms with Gasteiger partial charge in [0.05, 0.1) is 5.39 Å². The van der Waals surface area contributed by atoms with Gasteiger partial charge in [0.15, 0.2) is 0 Å². The van der Waals surface area contributed by atoms with Crippen molar-refractivity contribution in [3.05, 3.63) is 17.3 Å². The highest BCUT2D eigenvalue weighted by atomic mass is 32.1. The maximum atomic E-state index is 11.9. The molecule has 0 aliphatic heterocycles. The molecule has 0 saturated heterocycles. The molecular weight excluding hydrogens is 334 g/mol. The number of nitrogens with zero attached hydrogens (tertiary/aromatic N) is 3. The van der Waals surface area contributed by atoms with Gasteiger partial charge >= 0.3 is 0 Å². The third-order valence-electron chi connectivity index (χ3n) is 4.24. The van der Waals surface area contributed by atoms with Crippen LogP contribution in [0.2, 0.25) is 0 Å². The minimum atomic E-state index is 0.0805. The van der Waals surface area contributed by atoms with E-state index in [1.54, 1.807) is 17.7 Å². The monoisotopic (exact) mass is 363 g/mol. The van der Waals surface area contributed by atoms with Crippen LogP contribution in [0.3, 0.4) is 0 Å². The molecule has 2 rings (SSSR count). The number of rotatable bonds is 11. The average molecular weight is 364 g/mol. The van der Waals surface area contributed by atoms with Gasteiger partial charge in [0, 0.05) is 24.4 Å². The first kappa shape index (κ1) is 19.6. The Bertz CT molecular complexity index is 669. The Hall–Kier alpha value is -1.73. The van der Waals surface area contributed by atoms with Crippen LogP contribution in [0.4, 0.5) is 5.82 Å². The highest BCUT2D eigenvalue weighted by Gasteiger charge is 2.08. The van der Waals surface area contributed by atoms with Crippen molar-refractivity contribution < 1.29 is 4.79 Å². The summed E-state index contributed by atoms with van der Waals surface area (Å²) >= 11 is 1.70. The molecule has 0 bridgehead atoms. The number of anilines is 1. The van der Waals surface area contributed by atoms with E-state index in [4.69, 9.17) is 0 Å². The van der Waals surface area contributed by atoms with Crippen molar-refractivity contribution in [2.45, 2.75) is 40.0 Å². The van der Waals surface area contributed by atoms with Crippen molar-refractivity contribution in [3.63, 3.8) is 0 Å². The summed E-state index contributed by atoms with van der Waals surface area (Å²) in [5.74, 6) is 0.896. The quantitative estimate of drug-likeness (QED) is 0.601. The Labute approximate surface area is 154 Å². The standard InChI is InChI=1S/C18H29N5OS/c1-4-14-12-15-17(21-13-22-18(15)25-14)20-10-8-16(24)19-9-7-11-23(5-2)6-3/h12-13H,4-11H2,1-3H3,(H,19,24)(H,20,21,22). The van der Waals surface area contributed by atoms with Gasteiger partial charge in [0.1, 0.15) is 17.0 Å². The molecule has 2 N–H and O–H groups in total. The van der Waals surface area contributed by atoms with Crippen LogP contribution in [0.1, 0.15) is 38.5 Å². The molecule has 0 spiro atoms. The van der Waals surface area contributed by atoms with Gasteiger partial charge in [-0.3, -0.25) is 4.79 Å². The Morgan fingerprint density at radius 2 is 2.00 bits per heavy atom. The van der Waals surface area contributed by atoms with Crippen LogP contribution in [-0.4, -0.2) is 53.5 Å². The lowest BCUT2D eigenvalue weighted by Crippen LogP contribution is -2.30. The van der Waals surface area contributed by atoms with E-state index >= 15 is 0 Å². The second kappa shape index (κ2) is 10.3.